The molecule has 1 N–H and O–H groups in total. The molecule has 0 amide bonds. The van der Waals surface area contributed by atoms with E-state index in [1.165, 1.54) is 37.5 Å². The number of carboxylic acid groups (broad SMARTS) is 1. The summed E-state index contributed by atoms with van der Waals surface area (Å²) < 4.78 is 23.7. The van der Waals surface area contributed by atoms with Gasteiger partial charge in [-0.3, -0.25) is 0 Å². The number of carboxylic acids is 1. The molecule has 0 aromatic heterocycles. The number of aliphatic carboxylic acids is 1. The van der Waals surface area contributed by atoms with E-state index < -0.39 is 11.8 Å². The van der Waals surface area contributed by atoms with Gasteiger partial charge in [0.25, 0.3) is 0 Å². The van der Waals surface area contributed by atoms with E-state index in [4.69, 9.17) is 9.47 Å². The molecule has 0 saturated carbocycles. The molecule has 2 aromatic carbocycles. The summed E-state index contributed by atoms with van der Waals surface area (Å²) in [6.45, 7) is 2.37. The summed E-state index contributed by atoms with van der Waals surface area (Å²) in [5.41, 5.74) is 1.13. The predicted molar refractivity (Wildman–Crippen MR) is 86.1 cm³/mol. The van der Waals surface area contributed by atoms with Crippen LogP contribution in [0.15, 0.2) is 42.5 Å². The Balaban J connectivity index is 2.43. The van der Waals surface area contributed by atoms with Crippen molar-refractivity contribution in [2.24, 2.45) is 0 Å². The molecule has 4 nitrogen and oxygen atoms in total. The molecule has 0 saturated heterocycles. The zero-order valence-corrected chi connectivity index (χ0v) is 12.9. The van der Waals surface area contributed by atoms with Crippen molar-refractivity contribution in [2.75, 3.05) is 13.7 Å². The SMILES string of the molecule is CCOc1ccc(/C=C(\C(=O)O)c2ccc(F)cc2)cc1OC. The first-order valence-corrected chi connectivity index (χ1v) is 7.07. The number of carbonyl (C=O) groups is 1. The molecule has 0 atom stereocenters. The highest BCUT2D eigenvalue weighted by Gasteiger charge is 2.12. The fourth-order valence-corrected chi connectivity index (χ4v) is 2.11. The number of rotatable bonds is 6. The van der Waals surface area contributed by atoms with Gasteiger partial charge >= 0.3 is 5.97 Å². The second-order valence-corrected chi connectivity index (χ2v) is 4.71. The molecule has 2 aromatic rings. The molecular formula is C18H17FO4. The van der Waals surface area contributed by atoms with E-state index in [0.717, 1.165) is 0 Å². The van der Waals surface area contributed by atoms with Crippen molar-refractivity contribution in [3.8, 4) is 11.5 Å². The molecule has 120 valence electrons. The highest BCUT2D eigenvalue weighted by Crippen LogP contribution is 2.30. The number of ether oxygens (including phenoxy) is 2. The van der Waals surface area contributed by atoms with E-state index in [-0.39, 0.29) is 5.57 Å². The first kappa shape index (κ1) is 16.5. The van der Waals surface area contributed by atoms with Crippen molar-refractivity contribution in [3.63, 3.8) is 0 Å². The lowest BCUT2D eigenvalue weighted by Crippen LogP contribution is -2.00. The Labute approximate surface area is 133 Å². The van der Waals surface area contributed by atoms with Crippen LogP contribution in [0.5, 0.6) is 11.5 Å². The van der Waals surface area contributed by atoms with Crippen molar-refractivity contribution >= 4 is 17.6 Å². The maximum Gasteiger partial charge on any atom is 0.336 e. The van der Waals surface area contributed by atoms with Crippen molar-refractivity contribution in [1.29, 1.82) is 0 Å². The van der Waals surface area contributed by atoms with Gasteiger partial charge in [0, 0.05) is 0 Å². The van der Waals surface area contributed by atoms with E-state index in [9.17, 15) is 14.3 Å². The molecule has 5 heteroatoms. The van der Waals surface area contributed by atoms with Crippen molar-refractivity contribution < 1.29 is 23.8 Å². The maximum atomic E-state index is 13.0. The highest BCUT2D eigenvalue weighted by atomic mass is 19.1. The van der Waals surface area contributed by atoms with Crippen LogP contribution in [0.4, 0.5) is 4.39 Å². The Morgan fingerprint density at radius 1 is 1.17 bits per heavy atom. The standard InChI is InChI=1S/C18H17FO4/c1-3-23-16-9-4-12(11-17(16)22-2)10-15(18(20)21)13-5-7-14(19)8-6-13/h4-11H,3H2,1-2H3,(H,20,21)/b15-10-. The lowest BCUT2D eigenvalue weighted by atomic mass is 10.0. The van der Waals surface area contributed by atoms with E-state index >= 15 is 0 Å². The topological polar surface area (TPSA) is 55.8 Å². The molecular weight excluding hydrogens is 299 g/mol. The Bertz CT molecular complexity index is 720. The van der Waals surface area contributed by atoms with Gasteiger partial charge in [0.1, 0.15) is 5.82 Å². The minimum absolute atomic E-state index is 0.0659. The Hall–Kier alpha value is -2.82. The summed E-state index contributed by atoms with van der Waals surface area (Å²) in [6, 6.07) is 10.5. The van der Waals surface area contributed by atoms with Crippen LogP contribution < -0.4 is 9.47 Å². The maximum absolute atomic E-state index is 13.0. The third-order valence-corrected chi connectivity index (χ3v) is 3.18. The van der Waals surface area contributed by atoms with Crippen molar-refractivity contribution in [2.45, 2.75) is 6.92 Å². The molecule has 0 unspecified atom stereocenters. The van der Waals surface area contributed by atoms with Crippen molar-refractivity contribution in [1.82, 2.24) is 0 Å². The van der Waals surface area contributed by atoms with Gasteiger partial charge in [0.05, 0.1) is 19.3 Å². The molecule has 0 spiro atoms. The Morgan fingerprint density at radius 2 is 1.87 bits per heavy atom. The van der Waals surface area contributed by atoms with E-state index in [0.29, 0.717) is 29.2 Å². The molecule has 0 aliphatic heterocycles. The second kappa shape index (κ2) is 7.45. The quantitative estimate of drug-likeness (QED) is 0.649. The number of hydrogen-bond acceptors (Lipinski definition) is 3. The fourth-order valence-electron chi connectivity index (χ4n) is 2.11. The highest BCUT2D eigenvalue weighted by molar-refractivity contribution is 6.20. The van der Waals surface area contributed by atoms with Gasteiger partial charge in [-0.05, 0) is 48.4 Å². The van der Waals surface area contributed by atoms with Gasteiger partial charge in [-0.25, -0.2) is 9.18 Å². The molecule has 0 aliphatic rings. The van der Waals surface area contributed by atoms with E-state index in [1.807, 2.05) is 6.92 Å². The third-order valence-electron chi connectivity index (χ3n) is 3.18. The zero-order chi connectivity index (χ0) is 16.8. The third kappa shape index (κ3) is 4.10. The average molecular weight is 316 g/mol. The van der Waals surface area contributed by atoms with Crippen LogP contribution >= 0.6 is 0 Å². The second-order valence-electron chi connectivity index (χ2n) is 4.71. The Kier molecular flexibility index (Phi) is 5.36. The molecule has 0 bridgehead atoms. The minimum atomic E-state index is -1.09. The molecule has 23 heavy (non-hydrogen) atoms. The number of hydrogen-bond donors (Lipinski definition) is 1. The summed E-state index contributed by atoms with van der Waals surface area (Å²) in [5.74, 6) is -0.402. The van der Waals surface area contributed by atoms with Crippen LogP contribution in [0.1, 0.15) is 18.1 Å². The van der Waals surface area contributed by atoms with E-state index in [1.54, 1.807) is 18.2 Å². The molecule has 0 aliphatic carbocycles. The largest absolute Gasteiger partial charge is 0.493 e. The molecule has 2 rings (SSSR count). The number of halogens is 1. The molecule has 0 radical (unpaired) electrons. The lowest BCUT2D eigenvalue weighted by molar-refractivity contribution is -0.130. The lowest BCUT2D eigenvalue weighted by Gasteiger charge is -2.10. The summed E-state index contributed by atoms with van der Waals surface area (Å²) in [4.78, 5) is 11.5. The summed E-state index contributed by atoms with van der Waals surface area (Å²) in [5, 5.41) is 9.40. The predicted octanol–water partition coefficient (Wildman–Crippen LogP) is 3.86. The van der Waals surface area contributed by atoms with Gasteiger partial charge in [-0.15, -0.1) is 0 Å². The minimum Gasteiger partial charge on any atom is -0.493 e. The van der Waals surface area contributed by atoms with Crippen LogP contribution in [0.25, 0.3) is 11.6 Å². The summed E-state index contributed by atoms with van der Waals surface area (Å²) in [6.07, 6.45) is 1.51. The Morgan fingerprint density at radius 3 is 2.43 bits per heavy atom. The van der Waals surface area contributed by atoms with Gasteiger partial charge in [0.15, 0.2) is 11.5 Å². The monoisotopic (exact) mass is 316 g/mol. The first-order valence-electron chi connectivity index (χ1n) is 7.07. The smallest absolute Gasteiger partial charge is 0.336 e. The molecule has 0 fully saturated rings. The van der Waals surface area contributed by atoms with E-state index in [2.05, 4.69) is 0 Å². The number of methoxy groups -OCH3 is 1. The summed E-state index contributed by atoms with van der Waals surface area (Å²) in [7, 11) is 1.52. The van der Waals surface area contributed by atoms with Gasteiger partial charge in [-0.2, -0.15) is 0 Å². The van der Waals surface area contributed by atoms with Crippen LogP contribution in [-0.4, -0.2) is 24.8 Å². The van der Waals surface area contributed by atoms with Gasteiger partial charge < -0.3 is 14.6 Å². The molecule has 0 heterocycles. The van der Waals surface area contributed by atoms with Crippen LogP contribution in [0.2, 0.25) is 0 Å². The van der Waals surface area contributed by atoms with Crippen molar-refractivity contribution in [3.05, 3.63) is 59.4 Å². The van der Waals surface area contributed by atoms with Crippen LogP contribution in [0.3, 0.4) is 0 Å². The summed E-state index contributed by atoms with van der Waals surface area (Å²) >= 11 is 0. The van der Waals surface area contributed by atoms with Gasteiger partial charge in [-0.1, -0.05) is 18.2 Å². The average Bonchev–Trinajstić information content (AvgIpc) is 2.54. The normalized spacial score (nSPS) is 11.2. The fraction of sp³-hybridized carbons (Fsp3) is 0.167. The number of benzene rings is 2. The zero-order valence-electron chi connectivity index (χ0n) is 12.9. The van der Waals surface area contributed by atoms with Crippen LogP contribution in [-0.2, 0) is 4.79 Å². The first-order chi connectivity index (χ1) is 11.0. The van der Waals surface area contributed by atoms with Crippen LogP contribution in [0, 0.1) is 5.82 Å². The van der Waals surface area contributed by atoms with Gasteiger partial charge in [0.2, 0.25) is 0 Å².